The van der Waals surface area contributed by atoms with Gasteiger partial charge in [-0.25, -0.2) is 9.37 Å². The average molecular weight is 316 g/mol. The first-order valence-corrected chi connectivity index (χ1v) is 7.44. The Balaban J connectivity index is 1.64. The van der Waals surface area contributed by atoms with Crippen molar-refractivity contribution in [1.29, 1.82) is 0 Å². The number of carbonyl (C=O) groups is 1. The van der Waals surface area contributed by atoms with E-state index in [4.69, 9.17) is 4.74 Å². The fourth-order valence-electron chi connectivity index (χ4n) is 2.74. The van der Waals surface area contributed by atoms with Gasteiger partial charge in [0, 0.05) is 25.3 Å². The molecule has 0 radical (unpaired) electrons. The van der Waals surface area contributed by atoms with Crippen molar-refractivity contribution < 1.29 is 19.0 Å². The predicted molar refractivity (Wildman–Crippen MR) is 81.4 cm³/mol. The van der Waals surface area contributed by atoms with Crippen LogP contribution in [0.15, 0.2) is 42.6 Å². The van der Waals surface area contributed by atoms with E-state index in [0.717, 1.165) is 12.0 Å². The molecule has 0 spiro atoms. The summed E-state index contributed by atoms with van der Waals surface area (Å²) in [5.41, 5.74) is 0.897. The maximum atomic E-state index is 13.0. The fraction of sp³-hybridized carbons (Fsp3) is 0.294. The highest BCUT2D eigenvalue weighted by Crippen LogP contribution is 2.34. The van der Waals surface area contributed by atoms with E-state index < -0.39 is 5.91 Å². The van der Waals surface area contributed by atoms with Gasteiger partial charge < -0.3 is 15.2 Å². The van der Waals surface area contributed by atoms with E-state index in [2.05, 4.69) is 10.3 Å². The molecule has 1 saturated heterocycles. The average Bonchev–Trinajstić information content (AvgIpc) is 3.02. The first-order chi connectivity index (χ1) is 11.1. The van der Waals surface area contributed by atoms with Crippen molar-refractivity contribution >= 4 is 5.91 Å². The summed E-state index contributed by atoms with van der Waals surface area (Å²) in [6, 6.07) is 9.18. The van der Waals surface area contributed by atoms with Crippen LogP contribution in [0.4, 0.5) is 4.39 Å². The Bertz CT molecular complexity index is 690. The van der Waals surface area contributed by atoms with Crippen molar-refractivity contribution in [3.05, 3.63) is 59.7 Å². The lowest BCUT2D eigenvalue weighted by Gasteiger charge is -2.19. The summed E-state index contributed by atoms with van der Waals surface area (Å²) in [7, 11) is 0. The Kier molecular flexibility index (Phi) is 4.52. The minimum Gasteiger partial charge on any atom is -0.505 e. The van der Waals surface area contributed by atoms with Gasteiger partial charge >= 0.3 is 0 Å². The van der Waals surface area contributed by atoms with Crippen LogP contribution in [0.25, 0.3) is 0 Å². The van der Waals surface area contributed by atoms with Gasteiger partial charge in [-0.15, -0.1) is 0 Å². The summed E-state index contributed by atoms with van der Waals surface area (Å²) >= 11 is 0. The van der Waals surface area contributed by atoms with E-state index in [1.807, 2.05) is 0 Å². The highest BCUT2D eigenvalue weighted by molar-refractivity contribution is 5.94. The van der Waals surface area contributed by atoms with Gasteiger partial charge in [0.2, 0.25) is 0 Å². The van der Waals surface area contributed by atoms with E-state index in [1.165, 1.54) is 24.4 Å². The van der Waals surface area contributed by atoms with Gasteiger partial charge in [0.05, 0.1) is 6.10 Å². The van der Waals surface area contributed by atoms with E-state index >= 15 is 0 Å². The number of pyridine rings is 1. The van der Waals surface area contributed by atoms with Crippen LogP contribution in [0.5, 0.6) is 5.75 Å². The third kappa shape index (κ3) is 3.48. The summed E-state index contributed by atoms with van der Waals surface area (Å²) in [5, 5.41) is 12.4. The molecule has 1 amide bonds. The topological polar surface area (TPSA) is 71.5 Å². The van der Waals surface area contributed by atoms with Crippen LogP contribution in [0.2, 0.25) is 0 Å². The van der Waals surface area contributed by atoms with Crippen LogP contribution in [-0.4, -0.2) is 29.1 Å². The maximum Gasteiger partial charge on any atom is 0.273 e. The number of aromatic hydroxyl groups is 1. The molecule has 1 aromatic carbocycles. The Morgan fingerprint density at radius 3 is 2.87 bits per heavy atom. The third-order valence-corrected chi connectivity index (χ3v) is 3.94. The van der Waals surface area contributed by atoms with Crippen molar-refractivity contribution in [3.63, 3.8) is 0 Å². The van der Waals surface area contributed by atoms with Gasteiger partial charge in [-0.3, -0.25) is 4.79 Å². The molecular weight excluding hydrogens is 299 g/mol. The second-order valence-corrected chi connectivity index (χ2v) is 5.47. The van der Waals surface area contributed by atoms with Crippen LogP contribution in [-0.2, 0) is 4.74 Å². The molecule has 1 aliphatic rings. The summed E-state index contributed by atoms with van der Waals surface area (Å²) in [5.74, 6) is -0.770. The molecule has 6 heteroatoms. The normalized spacial score (nSPS) is 20.4. The standard InChI is InChI=1S/C17H17FN2O3/c18-13-5-3-11(4-6-13)16-12(7-9-23-16)10-20-17(22)15-14(21)2-1-8-19-15/h1-6,8,12,16,21H,7,9-10H2,(H,20,22)/t12-,16-/m0/s1. The smallest absolute Gasteiger partial charge is 0.273 e. The lowest BCUT2D eigenvalue weighted by Crippen LogP contribution is -2.31. The number of hydrogen-bond acceptors (Lipinski definition) is 4. The Labute approximate surface area is 133 Å². The highest BCUT2D eigenvalue weighted by Gasteiger charge is 2.30. The Morgan fingerprint density at radius 1 is 1.35 bits per heavy atom. The number of rotatable bonds is 4. The van der Waals surface area contributed by atoms with E-state index in [0.29, 0.717) is 13.2 Å². The van der Waals surface area contributed by atoms with Crippen LogP contribution in [0.1, 0.15) is 28.6 Å². The van der Waals surface area contributed by atoms with Crippen molar-refractivity contribution in [2.75, 3.05) is 13.2 Å². The second-order valence-electron chi connectivity index (χ2n) is 5.47. The first-order valence-electron chi connectivity index (χ1n) is 7.44. The van der Waals surface area contributed by atoms with E-state index in [9.17, 15) is 14.3 Å². The van der Waals surface area contributed by atoms with Gasteiger partial charge in [-0.1, -0.05) is 12.1 Å². The second kappa shape index (κ2) is 6.75. The van der Waals surface area contributed by atoms with Crippen molar-refractivity contribution in [1.82, 2.24) is 10.3 Å². The van der Waals surface area contributed by atoms with Crippen LogP contribution in [0, 0.1) is 11.7 Å². The van der Waals surface area contributed by atoms with Gasteiger partial charge in [0.15, 0.2) is 5.69 Å². The molecule has 1 aromatic heterocycles. The summed E-state index contributed by atoms with van der Waals surface area (Å²) in [6.45, 7) is 0.994. The largest absolute Gasteiger partial charge is 0.505 e. The Hall–Kier alpha value is -2.47. The molecule has 1 aliphatic heterocycles. The minimum atomic E-state index is -0.423. The number of amides is 1. The van der Waals surface area contributed by atoms with Crippen molar-refractivity contribution in [2.24, 2.45) is 5.92 Å². The number of halogens is 1. The zero-order chi connectivity index (χ0) is 16.2. The maximum absolute atomic E-state index is 13.0. The third-order valence-electron chi connectivity index (χ3n) is 3.94. The predicted octanol–water partition coefficient (Wildman–Crippen LogP) is 2.43. The molecular formula is C17H17FN2O3. The van der Waals surface area contributed by atoms with Crippen LogP contribution in [0.3, 0.4) is 0 Å². The van der Waals surface area contributed by atoms with Crippen molar-refractivity contribution in [2.45, 2.75) is 12.5 Å². The van der Waals surface area contributed by atoms with Gasteiger partial charge in [0.1, 0.15) is 11.6 Å². The molecule has 2 heterocycles. The fourth-order valence-corrected chi connectivity index (χ4v) is 2.74. The van der Waals surface area contributed by atoms with E-state index in [1.54, 1.807) is 18.2 Å². The molecule has 3 rings (SSSR count). The molecule has 2 aromatic rings. The van der Waals surface area contributed by atoms with E-state index in [-0.39, 0.29) is 29.3 Å². The quantitative estimate of drug-likeness (QED) is 0.909. The molecule has 23 heavy (non-hydrogen) atoms. The zero-order valence-electron chi connectivity index (χ0n) is 12.4. The number of ether oxygens (including phenoxy) is 1. The zero-order valence-corrected chi connectivity index (χ0v) is 12.4. The number of nitrogens with one attached hydrogen (secondary N) is 1. The molecule has 0 bridgehead atoms. The summed E-state index contributed by atoms with van der Waals surface area (Å²) < 4.78 is 18.7. The SMILES string of the molecule is O=C(NC[C@@H]1CCO[C@H]1c1ccc(F)cc1)c1ncccc1O. The molecule has 0 aliphatic carbocycles. The number of hydrogen-bond donors (Lipinski definition) is 2. The summed E-state index contributed by atoms with van der Waals surface area (Å²) in [4.78, 5) is 16.0. The molecule has 120 valence electrons. The number of aromatic nitrogens is 1. The number of benzene rings is 1. The van der Waals surface area contributed by atoms with Crippen LogP contribution < -0.4 is 5.32 Å². The lowest BCUT2D eigenvalue weighted by atomic mass is 9.95. The molecule has 1 fully saturated rings. The van der Waals surface area contributed by atoms with Crippen LogP contribution >= 0.6 is 0 Å². The number of nitrogens with zero attached hydrogens (tertiary/aromatic N) is 1. The lowest BCUT2D eigenvalue weighted by molar-refractivity contribution is 0.0842. The molecule has 2 N–H and O–H groups in total. The highest BCUT2D eigenvalue weighted by atomic mass is 19.1. The monoisotopic (exact) mass is 316 g/mol. The number of carbonyl (C=O) groups excluding carboxylic acids is 1. The van der Waals surface area contributed by atoms with Crippen molar-refractivity contribution in [3.8, 4) is 5.75 Å². The summed E-state index contributed by atoms with van der Waals surface area (Å²) in [6.07, 6.45) is 2.08. The van der Waals surface area contributed by atoms with Gasteiger partial charge in [-0.05, 0) is 36.2 Å². The van der Waals surface area contributed by atoms with Gasteiger partial charge in [-0.2, -0.15) is 0 Å². The molecule has 5 nitrogen and oxygen atoms in total. The van der Waals surface area contributed by atoms with Gasteiger partial charge in [0.25, 0.3) is 5.91 Å². The molecule has 0 saturated carbocycles. The Morgan fingerprint density at radius 2 is 2.13 bits per heavy atom. The first kappa shape index (κ1) is 15.4. The minimum absolute atomic E-state index is 0.00440. The molecule has 0 unspecified atom stereocenters. The molecule has 2 atom stereocenters.